The fraction of sp³-hybridized carbons (Fsp3) is 0.533. The van der Waals surface area contributed by atoms with Gasteiger partial charge in [0.15, 0.2) is 11.5 Å². The number of carbonyl (C=O) groups excluding carboxylic acids is 1. The van der Waals surface area contributed by atoms with Gasteiger partial charge in [-0.2, -0.15) is 0 Å². The molecule has 1 aliphatic rings. The first-order chi connectivity index (χ1) is 9.33. The van der Waals surface area contributed by atoms with Gasteiger partial charge in [-0.25, -0.2) is 0 Å². The average molecular weight is 263 g/mol. The highest BCUT2D eigenvalue weighted by Crippen LogP contribution is 2.27. The molecule has 4 nitrogen and oxygen atoms in total. The van der Waals surface area contributed by atoms with E-state index in [0.29, 0.717) is 23.7 Å². The first-order valence-electron chi connectivity index (χ1n) is 6.82. The molecule has 0 amide bonds. The van der Waals surface area contributed by atoms with E-state index in [-0.39, 0.29) is 0 Å². The summed E-state index contributed by atoms with van der Waals surface area (Å²) in [6, 6.07) is 5.23. The summed E-state index contributed by atoms with van der Waals surface area (Å²) in [6.07, 6.45) is 4.46. The molecule has 0 aromatic heterocycles. The largest absolute Gasteiger partial charge is 0.493 e. The number of ether oxygens (including phenoxy) is 2. The molecule has 19 heavy (non-hydrogen) atoms. The van der Waals surface area contributed by atoms with E-state index in [1.807, 2.05) is 0 Å². The standard InChI is InChI=1S/C15H21NO3/c1-18-15-11-13(12-17)5-6-14(15)19-10-4-9-16-7-2-3-8-16/h5-6,11-12H,2-4,7-10H2,1H3. The summed E-state index contributed by atoms with van der Waals surface area (Å²) in [5.74, 6) is 1.32. The number of hydrogen-bond donors (Lipinski definition) is 0. The van der Waals surface area contributed by atoms with Gasteiger partial charge < -0.3 is 14.4 Å². The molecule has 0 spiro atoms. The van der Waals surface area contributed by atoms with Crippen molar-refractivity contribution in [3.63, 3.8) is 0 Å². The monoisotopic (exact) mass is 263 g/mol. The molecule has 0 aliphatic carbocycles. The maximum atomic E-state index is 10.7. The van der Waals surface area contributed by atoms with Crippen molar-refractivity contribution in [2.45, 2.75) is 19.3 Å². The van der Waals surface area contributed by atoms with Gasteiger partial charge in [0, 0.05) is 12.1 Å². The van der Waals surface area contributed by atoms with Crippen LogP contribution < -0.4 is 9.47 Å². The lowest BCUT2D eigenvalue weighted by atomic mass is 10.2. The summed E-state index contributed by atoms with van der Waals surface area (Å²) >= 11 is 0. The third-order valence-electron chi connectivity index (χ3n) is 3.40. The SMILES string of the molecule is COc1cc(C=O)ccc1OCCCN1CCCC1. The van der Waals surface area contributed by atoms with Crippen LogP contribution in [0.5, 0.6) is 11.5 Å². The molecule has 1 aliphatic heterocycles. The molecule has 0 bridgehead atoms. The molecule has 1 heterocycles. The Balaban J connectivity index is 1.79. The molecule has 0 atom stereocenters. The van der Waals surface area contributed by atoms with E-state index >= 15 is 0 Å². The Hall–Kier alpha value is -1.55. The molecule has 0 unspecified atom stereocenters. The van der Waals surface area contributed by atoms with Gasteiger partial charge in [-0.15, -0.1) is 0 Å². The Labute approximate surface area is 114 Å². The molecule has 2 rings (SSSR count). The van der Waals surface area contributed by atoms with Crippen LogP contribution in [0.1, 0.15) is 29.6 Å². The summed E-state index contributed by atoms with van der Waals surface area (Å²) in [6.45, 7) is 4.21. The molecule has 104 valence electrons. The molecule has 0 N–H and O–H groups in total. The highest BCUT2D eigenvalue weighted by atomic mass is 16.5. The van der Waals surface area contributed by atoms with Crippen LogP contribution in [-0.2, 0) is 0 Å². The summed E-state index contributed by atoms with van der Waals surface area (Å²) in [5.41, 5.74) is 0.598. The lowest BCUT2D eigenvalue weighted by Crippen LogP contribution is -2.21. The van der Waals surface area contributed by atoms with Gasteiger partial charge in [-0.05, 0) is 50.6 Å². The van der Waals surface area contributed by atoms with Crippen LogP contribution in [-0.4, -0.2) is 44.5 Å². The van der Waals surface area contributed by atoms with Crippen LogP contribution in [0.3, 0.4) is 0 Å². The van der Waals surface area contributed by atoms with E-state index in [1.54, 1.807) is 25.3 Å². The first-order valence-corrected chi connectivity index (χ1v) is 6.82. The highest BCUT2D eigenvalue weighted by molar-refractivity contribution is 5.76. The van der Waals surface area contributed by atoms with Crippen LogP contribution in [0.25, 0.3) is 0 Å². The second kappa shape index (κ2) is 7.14. The topological polar surface area (TPSA) is 38.8 Å². The van der Waals surface area contributed by atoms with Gasteiger partial charge in [-0.1, -0.05) is 0 Å². The Kier molecular flexibility index (Phi) is 5.21. The zero-order valence-electron chi connectivity index (χ0n) is 11.4. The number of benzene rings is 1. The lowest BCUT2D eigenvalue weighted by molar-refractivity contribution is 0.112. The van der Waals surface area contributed by atoms with E-state index in [1.165, 1.54) is 25.9 Å². The van der Waals surface area contributed by atoms with E-state index in [2.05, 4.69) is 4.90 Å². The predicted molar refractivity (Wildman–Crippen MR) is 74.2 cm³/mol. The smallest absolute Gasteiger partial charge is 0.161 e. The fourth-order valence-electron chi connectivity index (χ4n) is 2.35. The zero-order valence-corrected chi connectivity index (χ0v) is 11.4. The maximum Gasteiger partial charge on any atom is 0.161 e. The zero-order chi connectivity index (χ0) is 13.5. The van der Waals surface area contributed by atoms with E-state index in [0.717, 1.165) is 19.3 Å². The number of hydrogen-bond acceptors (Lipinski definition) is 4. The Morgan fingerprint density at radius 1 is 1.26 bits per heavy atom. The van der Waals surface area contributed by atoms with Gasteiger partial charge in [0.1, 0.15) is 6.29 Å². The van der Waals surface area contributed by atoms with E-state index in [9.17, 15) is 4.79 Å². The number of aldehydes is 1. The van der Waals surface area contributed by atoms with Crippen molar-refractivity contribution < 1.29 is 14.3 Å². The van der Waals surface area contributed by atoms with Gasteiger partial charge in [0.05, 0.1) is 13.7 Å². The molecule has 4 heteroatoms. The lowest BCUT2D eigenvalue weighted by Gasteiger charge is -2.15. The third-order valence-corrected chi connectivity index (χ3v) is 3.40. The minimum absolute atomic E-state index is 0.598. The minimum Gasteiger partial charge on any atom is -0.493 e. The summed E-state index contributed by atoms with van der Waals surface area (Å²) in [5, 5.41) is 0. The van der Waals surface area contributed by atoms with Crippen molar-refractivity contribution >= 4 is 6.29 Å². The number of methoxy groups -OCH3 is 1. The Bertz CT molecular complexity index is 414. The third kappa shape index (κ3) is 3.96. The number of likely N-dealkylation sites (tertiary alicyclic amines) is 1. The summed E-state index contributed by atoms with van der Waals surface area (Å²) < 4.78 is 10.9. The Morgan fingerprint density at radius 2 is 2.05 bits per heavy atom. The molecular weight excluding hydrogens is 242 g/mol. The van der Waals surface area contributed by atoms with Crippen molar-refractivity contribution in [3.8, 4) is 11.5 Å². The van der Waals surface area contributed by atoms with Crippen LogP contribution in [0.4, 0.5) is 0 Å². The van der Waals surface area contributed by atoms with Crippen LogP contribution >= 0.6 is 0 Å². The molecular formula is C15H21NO3. The molecule has 1 aromatic rings. The first kappa shape index (κ1) is 13.9. The molecule has 0 radical (unpaired) electrons. The van der Waals surface area contributed by atoms with Crippen molar-refractivity contribution in [3.05, 3.63) is 23.8 Å². The molecule has 1 fully saturated rings. The normalized spacial score (nSPS) is 15.4. The van der Waals surface area contributed by atoms with Crippen molar-refractivity contribution in [1.82, 2.24) is 4.90 Å². The highest BCUT2D eigenvalue weighted by Gasteiger charge is 2.11. The fourth-order valence-corrected chi connectivity index (χ4v) is 2.35. The van der Waals surface area contributed by atoms with Gasteiger partial charge >= 0.3 is 0 Å². The van der Waals surface area contributed by atoms with Gasteiger partial charge in [0.25, 0.3) is 0 Å². The van der Waals surface area contributed by atoms with Gasteiger partial charge in [0.2, 0.25) is 0 Å². The average Bonchev–Trinajstić information content (AvgIpc) is 2.96. The van der Waals surface area contributed by atoms with Crippen molar-refractivity contribution in [2.24, 2.45) is 0 Å². The second-order valence-corrected chi connectivity index (χ2v) is 4.78. The van der Waals surface area contributed by atoms with E-state index < -0.39 is 0 Å². The number of nitrogens with zero attached hydrogens (tertiary/aromatic N) is 1. The number of rotatable bonds is 7. The second-order valence-electron chi connectivity index (χ2n) is 4.78. The maximum absolute atomic E-state index is 10.7. The van der Waals surface area contributed by atoms with E-state index in [4.69, 9.17) is 9.47 Å². The predicted octanol–water partition coefficient (Wildman–Crippen LogP) is 2.37. The van der Waals surface area contributed by atoms with Gasteiger partial charge in [-0.3, -0.25) is 4.79 Å². The Morgan fingerprint density at radius 3 is 2.74 bits per heavy atom. The van der Waals surface area contributed by atoms with Crippen molar-refractivity contribution in [1.29, 1.82) is 0 Å². The van der Waals surface area contributed by atoms with Crippen LogP contribution in [0, 0.1) is 0 Å². The molecule has 1 saturated heterocycles. The van der Waals surface area contributed by atoms with Crippen LogP contribution in [0.2, 0.25) is 0 Å². The summed E-state index contributed by atoms with van der Waals surface area (Å²) in [4.78, 5) is 13.2. The summed E-state index contributed by atoms with van der Waals surface area (Å²) in [7, 11) is 1.58. The molecule has 0 saturated carbocycles. The van der Waals surface area contributed by atoms with Crippen LogP contribution in [0.15, 0.2) is 18.2 Å². The quantitative estimate of drug-likeness (QED) is 0.559. The van der Waals surface area contributed by atoms with Crippen molar-refractivity contribution in [2.75, 3.05) is 33.4 Å². The number of carbonyl (C=O) groups is 1. The molecule has 1 aromatic carbocycles. The minimum atomic E-state index is 0.598.